The minimum absolute atomic E-state index is 0.332. The summed E-state index contributed by atoms with van der Waals surface area (Å²) >= 11 is 7.25. The van der Waals surface area contributed by atoms with Gasteiger partial charge >= 0.3 is 0 Å². The van der Waals surface area contributed by atoms with Crippen LogP contribution in [0.1, 0.15) is 11.7 Å². The van der Waals surface area contributed by atoms with Crippen molar-refractivity contribution in [2.24, 2.45) is 0 Å². The number of aliphatic hydroxyl groups excluding tert-OH is 1. The van der Waals surface area contributed by atoms with Crippen LogP contribution in [0.15, 0.2) is 53.4 Å². The van der Waals surface area contributed by atoms with E-state index in [2.05, 4.69) is 0 Å². The molecule has 0 heterocycles. The Morgan fingerprint density at radius 3 is 2.44 bits per heavy atom. The van der Waals surface area contributed by atoms with Crippen LogP contribution >= 0.6 is 23.4 Å². The summed E-state index contributed by atoms with van der Waals surface area (Å²) in [6.07, 6.45) is -0.813. The molecule has 0 saturated heterocycles. The maximum atomic E-state index is 13.4. The third-order valence-electron chi connectivity index (χ3n) is 2.49. The normalized spacial score (nSPS) is 12.4. The van der Waals surface area contributed by atoms with Gasteiger partial charge in [0.25, 0.3) is 0 Å². The summed E-state index contributed by atoms with van der Waals surface area (Å²) in [6.45, 7) is 0. The Bertz CT molecular complexity index is 515. The van der Waals surface area contributed by atoms with Gasteiger partial charge in [-0.25, -0.2) is 4.39 Å². The minimum Gasteiger partial charge on any atom is -0.387 e. The van der Waals surface area contributed by atoms with Crippen LogP contribution in [0.5, 0.6) is 0 Å². The molecule has 18 heavy (non-hydrogen) atoms. The first kappa shape index (κ1) is 13.4. The van der Waals surface area contributed by atoms with Gasteiger partial charge in [-0.1, -0.05) is 29.8 Å². The van der Waals surface area contributed by atoms with E-state index >= 15 is 0 Å². The van der Waals surface area contributed by atoms with Crippen molar-refractivity contribution in [3.8, 4) is 0 Å². The van der Waals surface area contributed by atoms with Crippen molar-refractivity contribution >= 4 is 23.4 Å². The highest BCUT2D eigenvalue weighted by Gasteiger charge is 2.12. The number of halogens is 2. The summed E-state index contributed by atoms with van der Waals surface area (Å²) in [5.74, 6) is 0.0319. The lowest BCUT2D eigenvalue weighted by Gasteiger charge is -2.11. The van der Waals surface area contributed by atoms with Crippen LogP contribution in [0, 0.1) is 5.82 Å². The zero-order chi connectivity index (χ0) is 13.0. The molecular formula is C14H12ClFOS. The number of hydrogen-bond donors (Lipinski definition) is 1. The lowest BCUT2D eigenvalue weighted by Crippen LogP contribution is -2.03. The Labute approximate surface area is 115 Å². The molecule has 0 aliphatic carbocycles. The van der Waals surface area contributed by atoms with Gasteiger partial charge in [0.1, 0.15) is 5.82 Å². The first-order valence-electron chi connectivity index (χ1n) is 5.47. The number of thioether (sulfide) groups is 1. The molecule has 2 aromatic carbocycles. The van der Waals surface area contributed by atoms with E-state index in [4.69, 9.17) is 11.6 Å². The largest absolute Gasteiger partial charge is 0.387 e. The fourth-order valence-electron chi connectivity index (χ4n) is 1.54. The fraction of sp³-hybridized carbons (Fsp3) is 0.143. The van der Waals surface area contributed by atoms with Crippen LogP contribution in [-0.2, 0) is 0 Å². The molecule has 1 N–H and O–H groups in total. The molecule has 1 unspecified atom stereocenters. The van der Waals surface area contributed by atoms with Crippen LogP contribution < -0.4 is 0 Å². The van der Waals surface area contributed by atoms with Crippen molar-refractivity contribution < 1.29 is 9.50 Å². The lowest BCUT2D eigenvalue weighted by atomic mass is 10.1. The molecule has 0 radical (unpaired) electrons. The Morgan fingerprint density at radius 1 is 1.11 bits per heavy atom. The molecule has 0 aromatic heterocycles. The van der Waals surface area contributed by atoms with Crippen LogP contribution in [0.4, 0.5) is 4.39 Å². The Hall–Kier alpha value is -1.03. The predicted molar refractivity (Wildman–Crippen MR) is 73.5 cm³/mol. The van der Waals surface area contributed by atoms with E-state index in [1.807, 2.05) is 12.1 Å². The maximum absolute atomic E-state index is 13.4. The predicted octanol–water partition coefficient (Wildman–Crippen LogP) is 4.30. The highest BCUT2D eigenvalue weighted by molar-refractivity contribution is 7.99. The van der Waals surface area contributed by atoms with Crippen LogP contribution in [0.25, 0.3) is 0 Å². The first-order chi connectivity index (χ1) is 8.66. The Balaban J connectivity index is 1.98. The molecule has 94 valence electrons. The van der Waals surface area contributed by atoms with Gasteiger partial charge in [0, 0.05) is 21.2 Å². The molecule has 0 spiro atoms. The average Bonchev–Trinajstić information content (AvgIpc) is 2.38. The van der Waals surface area contributed by atoms with Gasteiger partial charge in [0.15, 0.2) is 0 Å². The molecule has 0 saturated carbocycles. The summed E-state index contributed by atoms with van der Waals surface area (Å²) in [5.41, 5.74) is 0.332. The highest BCUT2D eigenvalue weighted by atomic mass is 35.5. The van der Waals surface area contributed by atoms with E-state index in [1.54, 1.807) is 30.3 Å². The molecule has 1 nitrogen and oxygen atoms in total. The van der Waals surface area contributed by atoms with E-state index in [9.17, 15) is 9.50 Å². The summed E-state index contributed by atoms with van der Waals surface area (Å²) in [4.78, 5) is 0.995. The molecule has 0 bridgehead atoms. The molecular weight excluding hydrogens is 271 g/mol. The molecule has 1 atom stereocenters. The summed E-state index contributed by atoms with van der Waals surface area (Å²) in [5, 5.41) is 10.6. The van der Waals surface area contributed by atoms with Crippen LogP contribution in [0.2, 0.25) is 5.02 Å². The van der Waals surface area contributed by atoms with Crippen molar-refractivity contribution in [2.45, 2.75) is 11.0 Å². The maximum Gasteiger partial charge on any atom is 0.129 e. The van der Waals surface area contributed by atoms with Gasteiger partial charge in [-0.15, -0.1) is 11.8 Å². The summed E-state index contributed by atoms with van der Waals surface area (Å²) in [7, 11) is 0. The first-order valence-corrected chi connectivity index (χ1v) is 6.84. The lowest BCUT2D eigenvalue weighted by molar-refractivity contribution is 0.199. The monoisotopic (exact) mass is 282 g/mol. The number of hydrogen-bond acceptors (Lipinski definition) is 2. The summed E-state index contributed by atoms with van der Waals surface area (Å²) in [6, 6.07) is 13.6. The smallest absolute Gasteiger partial charge is 0.129 e. The zero-order valence-electron chi connectivity index (χ0n) is 9.51. The van der Waals surface area contributed by atoms with Crippen LogP contribution in [-0.4, -0.2) is 10.9 Å². The van der Waals surface area contributed by atoms with Crippen molar-refractivity contribution in [2.75, 3.05) is 5.75 Å². The second-order valence-corrected chi connectivity index (χ2v) is 5.33. The topological polar surface area (TPSA) is 20.2 Å². The number of benzene rings is 2. The van der Waals surface area contributed by atoms with Gasteiger partial charge in [-0.2, -0.15) is 0 Å². The molecule has 0 fully saturated rings. The van der Waals surface area contributed by atoms with Gasteiger partial charge < -0.3 is 5.11 Å². The molecule has 2 rings (SSSR count). The molecule has 0 aliphatic rings. The summed E-state index contributed by atoms with van der Waals surface area (Å²) < 4.78 is 13.4. The van der Waals surface area contributed by atoms with Gasteiger partial charge in [0.2, 0.25) is 0 Å². The van der Waals surface area contributed by atoms with E-state index in [-0.39, 0.29) is 5.82 Å². The van der Waals surface area contributed by atoms with Crippen molar-refractivity contribution in [1.82, 2.24) is 0 Å². The van der Waals surface area contributed by atoms with E-state index in [0.717, 1.165) is 4.90 Å². The van der Waals surface area contributed by atoms with E-state index in [1.165, 1.54) is 17.8 Å². The van der Waals surface area contributed by atoms with Crippen LogP contribution in [0.3, 0.4) is 0 Å². The third kappa shape index (κ3) is 3.48. The second-order valence-electron chi connectivity index (χ2n) is 3.80. The van der Waals surface area contributed by atoms with Gasteiger partial charge in [0.05, 0.1) is 6.10 Å². The van der Waals surface area contributed by atoms with E-state index < -0.39 is 6.10 Å². The third-order valence-corrected chi connectivity index (χ3v) is 3.83. The van der Waals surface area contributed by atoms with Gasteiger partial charge in [-0.3, -0.25) is 0 Å². The van der Waals surface area contributed by atoms with Crippen molar-refractivity contribution in [1.29, 1.82) is 0 Å². The van der Waals surface area contributed by atoms with Crippen molar-refractivity contribution in [3.63, 3.8) is 0 Å². The van der Waals surface area contributed by atoms with Gasteiger partial charge in [-0.05, 0) is 30.3 Å². The molecule has 0 amide bonds. The second kappa shape index (κ2) is 6.23. The molecule has 2 aromatic rings. The average molecular weight is 283 g/mol. The van der Waals surface area contributed by atoms with Crippen molar-refractivity contribution in [3.05, 3.63) is 64.9 Å². The molecule has 0 aliphatic heterocycles. The zero-order valence-corrected chi connectivity index (χ0v) is 11.1. The molecule has 4 heteroatoms. The SMILES string of the molecule is OC(CSc1ccc(Cl)cc1)c1ccccc1F. The standard InChI is InChI=1S/C14H12ClFOS/c15-10-5-7-11(8-6-10)18-9-14(17)12-3-1-2-4-13(12)16/h1-8,14,17H,9H2. The minimum atomic E-state index is -0.813. The quantitative estimate of drug-likeness (QED) is 0.844. The fourth-order valence-corrected chi connectivity index (χ4v) is 2.53. The van der Waals surface area contributed by atoms with E-state index in [0.29, 0.717) is 16.3 Å². The number of aliphatic hydroxyl groups is 1. The Kier molecular flexibility index (Phi) is 4.64. The number of rotatable bonds is 4. The Morgan fingerprint density at radius 2 is 1.78 bits per heavy atom. The highest BCUT2D eigenvalue weighted by Crippen LogP contribution is 2.26.